The van der Waals surface area contributed by atoms with Crippen molar-refractivity contribution in [2.75, 3.05) is 0 Å². The van der Waals surface area contributed by atoms with Crippen molar-refractivity contribution in [1.82, 2.24) is 5.16 Å². The average molecular weight is 287 g/mol. The Morgan fingerprint density at radius 1 is 1.35 bits per heavy atom. The number of ether oxygens (including phenoxy) is 1. The Kier molecular flexibility index (Phi) is 3.64. The average Bonchev–Trinajstić information content (AvgIpc) is 2.84. The van der Waals surface area contributed by atoms with Crippen LogP contribution in [-0.4, -0.2) is 16.2 Å². The van der Waals surface area contributed by atoms with E-state index in [0.29, 0.717) is 0 Å². The number of benzene rings is 1. The lowest BCUT2D eigenvalue weighted by Gasteiger charge is -2.12. The van der Waals surface area contributed by atoms with E-state index in [1.54, 1.807) is 0 Å². The molecule has 2 aromatic rings. The molecule has 0 radical (unpaired) electrons. The lowest BCUT2D eigenvalue weighted by molar-refractivity contribution is -0.139. The number of aromatic nitrogens is 1. The van der Waals surface area contributed by atoms with Crippen molar-refractivity contribution in [2.24, 2.45) is 0 Å². The van der Waals surface area contributed by atoms with Crippen molar-refractivity contribution in [3.05, 3.63) is 47.3 Å². The third-order valence-electron chi connectivity index (χ3n) is 2.34. The van der Waals surface area contributed by atoms with Gasteiger partial charge in [0.25, 0.3) is 0 Å². The normalized spacial score (nSPS) is 11.3. The fourth-order valence-electron chi connectivity index (χ4n) is 1.46. The number of rotatable bonds is 4. The molecule has 5 nitrogen and oxygen atoms in total. The first kappa shape index (κ1) is 13.9. The molecule has 0 saturated heterocycles. The zero-order chi connectivity index (χ0) is 14.8. The third kappa shape index (κ3) is 3.08. The van der Waals surface area contributed by atoms with Gasteiger partial charge in [0.1, 0.15) is 12.4 Å². The van der Waals surface area contributed by atoms with Crippen LogP contribution in [0.2, 0.25) is 0 Å². The van der Waals surface area contributed by atoms with Crippen molar-refractivity contribution < 1.29 is 32.3 Å². The Labute approximate surface area is 110 Å². The molecule has 1 aromatic heterocycles. The van der Waals surface area contributed by atoms with Gasteiger partial charge in [-0.15, -0.1) is 0 Å². The highest BCUT2D eigenvalue weighted by Crippen LogP contribution is 2.36. The summed E-state index contributed by atoms with van der Waals surface area (Å²) in [6.45, 7) is -0.354. The van der Waals surface area contributed by atoms with Crippen molar-refractivity contribution in [1.29, 1.82) is 0 Å². The van der Waals surface area contributed by atoms with Crippen LogP contribution in [0.3, 0.4) is 0 Å². The number of carboxylic acid groups (broad SMARTS) is 1. The maximum atomic E-state index is 12.7. The number of carbonyl (C=O) groups is 1. The van der Waals surface area contributed by atoms with Gasteiger partial charge in [-0.2, -0.15) is 13.2 Å². The molecule has 1 N–H and O–H groups in total. The number of hydrogen-bond acceptors (Lipinski definition) is 4. The molecule has 0 amide bonds. The van der Waals surface area contributed by atoms with E-state index in [2.05, 4.69) is 9.68 Å². The highest BCUT2D eigenvalue weighted by atomic mass is 19.4. The second-order valence-corrected chi connectivity index (χ2v) is 3.77. The van der Waals surface area contributed by atoms with Gasteiger partial charge in [-0.3, -0.25) is 0 Å². The lowest BCUT2D eigenvalue weighted by Crippen LogP contribution is -2.08. The summed E-state index contributed by atoms with van der Waals surface area (Å²) in [7, 11) is 0. The van der Waals surface area contributed by atoms with E-state index in [4.69, 9.17) is 9.84 Å². The van der Waals surface area contributed by atoms with Gasteiger partial charge in [-0.25, -0.2) is 4.79 Å². The second kappa shape index (κ2) is 5.24. The van der Waals surface area contributed by atoms with Crippen LogP contribution in [0.1, 0.15) is 21.8 Å². The number of hydrogen-bond donors (Lipinski definition) is 1. The fourth-order valence-corrected chi connectivity index (χ4v) is 1.46. The summed E-state index contributed by atoms with van der Waals surface area (Å²) in [5.41, 5.74) is -1.26. The quantitative estimate of drug-likeness (QED) is 0.935. The zero-order valence-corrected chi connectivity index (χ0v) is 9.85. The minimum absolute atomic E-state index is 0.0133. The Morgan fingerprint density at radius 2 is 2.05 bits per heavy atom. The topological polar surface area (TPSA) is 72.6 Å². The van der Waals surface area contributed by atoms with Gasteiger partial charge in [0, 0.05) is 6.07 Å². The molecule has 8 heteroatoms. The predicted molar refractivity (Wildman–Crippen MR) is 59.2 cm³/mol. The van der Waals surface area contributed by atoms with Gasteiger partial charge in [0.2, 0.25) is 0 Å². The minimum atomic E-state index is -4.54. The molecular weight excluding hydrogens is 279 g/mol. The first-order chi connectivity index (χ1) is 9.38. The molecule has 20 heavy (non-hydrogen) atoms. The Hall–Kier alpha value is -2.51. The van der Waals surface area contributed by atoms with Gasteiger partial charge < -0.3 is 14.4 Å². The molecular formula is C12H8F3NO4. The maximum Gasteiger partial charge on any atom is 0.419 e. The second-order valence-electron chi connectivity index (χ2n) is 3.77. The number of halogens is 3. The molecule has 0 aliphatic heterocycles. The summed E-state index contributed by atoms with van der Waals surface area (Å²) in [5, 5.41) is 11.8. The van der Waals surface area contributed by atoms with E-state index in [1.165, 1.54) is 12.1 Å². The van der Waals surface area contributed by atoms with Crippen LogP contribution in [0, 0.1) is 0 Å². The fraction of sp³-hybridized carbons (Fsp3) is 0.167. The highest BCUT2D eigenvalue weighted by molar-refractivity contribution is 5.85. The standard InChI is InChI=1S/C12H8F3NO4/c13-12(14,15)8-3-1-2-4-10(8)19-6-7-5-9(11(17)18)16-20-7/h1-5H,6H2,(H,17,18). The van der Waals surface area contributed by atoms with Crippen LogP contribution in [-0.2, 0) is 12.8 Å². The molecule has 0 aliphatic carbocycles. The number of para-hydroxylation sites is 1. The largest absolute Gasteiger partial charge is 0.485 e. The van der Waals surface area contributed by atoms with E-state index in [1.807, 2.05) is 0 Å². The van der Waals surface area contributed by atoms with Crippen LogP contribution in [0.15, 0.2) is 34.9 Å². The summed E-state index contributed by atoms with van der Waals surface area (Å²) in [6.07, 6.45) is -4.54. The van der Waals surface area contributed by atoms with Crippen molar-refractivity contribution >= 4 is 5.97 Å². The van der Waals surface area contributed by atoms with E-state index < -0.39 is 17.7 Å². The van der Waals surface area contributed by atoms with Crippen LogP contribution < -0.4 is 4.74 Å². The summed E-state index contributed by atoms with van der Waals surface area (Å²) in [4.78, 5) is 10.6. The first-order valence-electron chi connectivity index (χ1n) is 5.36. The van der Waals surface area contributed by atoms with Gasteiger partial charge in [0.05, 0.1) is 5.56 Å². The predicted octanol–water partition coefficient (Wildman–Crippen LogP) is 2.97. The van der Waals surface area contributed by atoms with Gasteiger partial charge in [0.15, 0.2) is 11.5 Å². The van der Waals surface area contributed by atoms with Gasteiger partial charge in [-0.05, 0) is 12.1 Å². The van der Waals surface area contributed by atoms with Crippen LogP contribution in [0.5, 0.6) is 5.75 Å². The number of nitrogens with zero attached hydrogens (tertiary/aromatic N) is 1. The van der Waals surface area contributed by atoms with Crippen LogP contribution >= 0.6 is 0 Å². The van der Waals surface area contributed by atoms with Crippen molar-refractivity contribution in [3.8, 4) is 5.75 Å². The lowest BCUT2D eigenvalue weighted by atomic mass is 10.2. The van der Waals surface area contributed by atoms with Gasteiger partial charge >= 0.3 is 12.1 Å². The number of aromatic carboxylic acids is 1. The molecule has 0 bridgehead atoms. The Balaban J connectivity index is 2.13. The summed E-state index contributed by atoms with van der Waals surface area (Å²) < 4.78 is 47.7. The molecule has 0 saturated carbocycles. The van der Waals surface area contributed by atoms with E-state index >= 15 is 0 Å². The molecule has 1 heterocycles. The molecule has 0 fully saturated rings. The molecule has 0 atom stereocenters. The van der Waals surface area contributed by atoms with Crippen LogP contribution in [0.4, 0.5) is 13.2 Å². The Bertz CT molecular complexity index is 621. The maximum absolute atomic E-state index is 12.7. The molecule has 0 unspecified atom stereocenters. The third-order valence-corrected chi connectivity index (χ3v) is 2.34. The van der Waals surface area contributed by atoms with Gasteiger partial charge in [-0.1, -0.05) is 17.3 Å². The van der Waals surface area contributed by atoms with E-state index in [-0.39, 0.29) is 23.8 Å². The molecule has 0 spiro atoms. The number of alkyl halides is 3. The molecule has 0 aliphatic rings. The smallest absolute Gasteiger partial charge is 0.419 e. The summed E-state index contributed by atoms with van der Waals surface area (Å²) in [5.74, 6) is -1.65. The number of carboxylic acids is 1. The summed E-state index contributed by atoms with van der Waals surface area (Å²) in [6, 6.07) is 5.77. The first-order valence-corrected chi connectivity index (χ1v) is 5.36. The minimum Gasteiger partial charge on any atom is -0.485 e. The summed E-state index contributed by atoms with van der Waals surface area (Å²) >= 11 is 0. The van der Waals surface area contributed by atoms with Crippen molar-refractivity contribution in [2.45, 2.75) is 12.8 Å². The molecule has 106 valence electrons. The zero-order valence-electron chi connectivity index (χ0n) is 9.85. The van der Waals surface area contributed by atoms with Crippen molar-refractivity contribution in [3.63, 3.8) is 0 Å². The molecule has 2 rings (SSSR count). The highest BCUT2D eigenvalue weighted by Gasteiger charge is 2.34. The Morgan fingerprint density at radius 3 is 2.65 bits per heavy atom. The SMILES string of the molecule is O=C(O)c1cc(COc2ccccc2C(F)(F)F)on1. The molecule has 1 aromatic carbocycles. The van der Waals surface area contributed by atoms with E-state index in [0.717, 1.165) is 18.2 Å². The van der Waals surface area contributed by atoms with Crippen LogP contribution in [0.25, 0.3) is 0 Å². The monoisotopic (exact) mass is 287 g/mol. The van der Waals surface area contributed by atoms with E-state index in [9.17, 15) is 18.0 Å².